The van der Waals surface area contributed by atoms with E-state index in [0.717, 1.165) is 64.9 Å². The number of fused-ring (bicyclic) bond motifs is 2. The number of aryl methyl sites for hydroxylation is 2. The largest absolute Gasteiger partial charge is 0.497 e. The van der Waals surface area contributed by atoms with Crippen molar-refractivity contribution in [2.75, 3.05) is 14.2 Å². The fourth-order valence-electron chi connectivity index (χ4n) is 6.09. The second kappa shape index (κ2) is 16.7. The lowest BCUT2D eigenvalue weighted by atomic mass is 9.78. The van der Waals surface area contributed by atoms with Crippen molar-refractivity contribution >= 4 is 80.4 Å². The third kappa shape index (κ3) is 8.83. The summed E-state index contributed by atoms with van der Waals surface area (Å²) in [7, 11) is 3.01. The van der Waals surface area contributed by atoms with Gasteiger partial charge in [-0.1, -0.05) is 35.3 Å². The van der Waals surface area contributed by atoms with E-state index >= 15 is 0 Å². The maximum atomic E-state index is 6.35. The highest BCUT2D eigenvalue weighted by Crippen LogP contribution is 2.38. The monoisotopic (exact) mass is 884 g/mol. The summed E-state index contributed by atoms with van der Waals surface area (Å²) in [4.78, 5) is 16.8. The summed E-state index contributed by atoms with van der Waals surface area (Å²) in [5.41, 5.74) is 6.49. The fourth-order valence-corrected chi connectivity index (χ4v) is 7.51. The first-order valence-corrected chi connectivity index (χ1v) is 19.6. The number of aromatic nitrogens is 6. The molecule has 286 valence electrons. The number of ether oxygens (including phenoxy) is 2. The van der Waals surface area contributed by atoms with Gasteiger partial charge in [0.15, 0.2) is 0 Å². The van der Waals surface area contributed by atoms with Crippen molar-refractivity contribution in [3.05, 3.63) is 86.4 Å². The first-order chi connectivity index (χ1) is 25.4. The zero-order valence-electron chi connectivity index (χ0n) is 33.0. The van der Waals surface area contributed by atoms with Crippen molar-refractivity contribution in [2.24, 2.45) is 0 Å². The lowest BCUT2D eigenvalue weighted by Gasteiger charge is -2.32. The summed E-state index contributed by atoms with van der Waals surface area (Å²) in [5.74, 6) is 1.66. The standard InChI is InChI=1S/C17H18ClN3O.C14H21BO3.C9H9ClIN3/c1-10(2)21-8-14(15-16(18)19-9-20-17(15)21)12-5-11(3)6-13(7-12)22-4;1-10-7-11(9-12(8-10)16-6)15-17-13(2,3)14(4,5)18-15;1-5(2)14-3-6(11)7-8(10)12-4-13-9(7)14/h5-10H,1-4H3;7-9H,1-6H3;3-5H,1-2H3. The molecule has 10 nitrogen and oxygen atoms in total. The van der Waals surface area contributed by atoms with Crippen molar-refractivity contribution in [3.63, 3.8) is 0 Å². The van der Waals surface area contributed by atoms with Gasteiger partial charge >= 0.3 is 7.12 Å². The highest BCUT2D eigenvalue weighted by atomic mass is 127. The molecule has 5 heterocycles. The van der Waals surface area contributed by atoms with E-state index in [2.05, 4.69) is 132 Å². The van der Waals surface area contributed by atoms with Crippen LogP contribution in [0.1, 0.15) is 78.6 Å². The average Bonchev–Trinajstić information content (AvgIpc) is 3.74. The van der Waals surface area contributed by atoms with Crippen LogP contribution in [-0.4, -0.2) is 61.6 Å². The first-order valence-electron chi connectivity index (χ1n) is 17.7. The summed E-state index contributed by atoms with van der Waals surface area (Å²) >= 11 is 14.6. The molecule has 0 unspecified atom stereocenters. The molecule has 0 aliphatic carbocycles. The Hall–Kier alpha value is -3.43. The molecule has 7 rings (SSSR count). The quantitative estimate of drug-likeness (QED) is 0.0927. The Bertz CT molecular complexity index is 2260. The SMILES string of the molecule is CC(C)n1cc(I)c2c(Cl)ncnc21.COc1cc(C)cc(-c2cn(C(C)C)c3ncnc(Cl)c23)c1.COc1cc(C)cc(B2OC(C)(C)C(C)(C)O2)c1. The average molecular weight is 885 g/mol. The Balaban J connectivity index is 0.000000160. The first kappa shape index (κ1) is 41.7. The molecule has 2 aromatic carbocycles. The van der Waals surface area contributed by atoms with Crippen LogP contribution in [0.3, 0.4) is 0 Å². The lowest BCUT2D eigenvalue weighted by Crippen LogP contribution is -2.41. The molecule has 0 atom stereocenters. The second-order valence-electron chi connectivity index (χ2n) is 14.9. The van der Waals surface area contributed by atoms with Crippen LogP contribution >= 0.6 is 45.8 Å². The Morgan fingerprint density at radius 1 is 0.685 bits per heavy atom. The predicted molar refractivity (Wildman–Crippen MR) is 229 cm³/mol. The van der Waals surface area contributed by atoms with Gasteiger partial charge in [0, 0.05) is 33.6 Å². The van der Waals surface area contributed by atoms with Crippen molar-refractivity contribution in [1.29, 1.82) is 0 Å². The van der Waals surface area contributed by atoms with Crippen molar-refractivity contribution < 1.29 is 18.8 Å². The Kier molecular flexibility index (Phi) is 12.9. The van der Waals surface area contributed by atoms with Crippen LogP contribution < -0.4 is 14.9 Å². The number of benzene rings is 2. The van der Waals surface area contributed by atoms with Gasteiger partial charge < -0.3 is 27.9 Å². The topological polar surface area (TPSA) is 98.3 Å². The van der Waals surface area contributed by atoms with Crippen LogP contribution in [0.2, 0.25) is 10.3 Å². The molecule has 1 saturated heterocycles. The molecule has 0 radical (unpaired) electrons. The predicted octanol–water partition coefficient (Wildman–Crippen LogP) is 10.2. The molecule has 1 aliphatic heterocycles. The van der Waals surface area contributed by atoms with Crippen LogP contribution in [0.25, 0.3) is 33.2 Å². The third-order valence-electron chi connectivity index (χ3n) is 9.62. The molecule has 4 aromatic heterocycles. The van der Waals surface area contributed by atoms with E-state index in [0.29, 0.717) is 16.3 Å². The molecule has 1 aliphatic rings. The van der Waals surface area contributed by atoms with Gasteiger partial charge in [0.05, 0.1) is 36.2 Å². The molecule has 0 amide bonds. The summed E-state index contributed by atoms with van der Waals surface area (Å²) in [6.45, 7) is 20.8. The van der Waals surface area contributed by atoms with Crippen LogP contribution in [0.5, 0.6) is 11.5 Å². The zero-order valence-corrected chi connectivity index (χ0v) is 36.6. The Morgan fingerprint density at radius 2 is 1.17 bits per heavy atom. The molecule has 0 N–H and O–H groups in total. The minimum atomic E-state index is -0.330. The molecule has 54 heavy (non-hydrogen) atoms. The fraction of sp³-hybridized carbons (Fsp3) is 0.400. The maximum absolute atomic E-state index is 6.35. The van der Waals surface area contributed by atoms with E-state index in [1.165, 1.54) is 12.7 Å². The third-order valence-corrected chi connectivity index (χ3v) is 11.0. The minimum absolute atomic E-state index is 0.286. The normalized spacial score (nSPS) is 14.6. The number of hydrogen-bond acceptors (Lipinski definition) is 8. The van der Waals surface area contributed by atoms with Crippen molar-refractivity contribution in [2.45, 2.75) is 92.5 Å². The van der Waals surface area contributed by atoms with E-state index in [9.17, 15) is 0 Å². The zero-order chi connectivity index (χ0) is 39.7. The van der Waals surface area contributed by atoms with Gasteiger partial charge in [0.25, 0.3) is 0 Å². The highest BCUT2D eigenvalue weighted by molar-refractivity contribution is 14.1. The Labute approximate surface area is 342 Å². The minimum Gasteiger partial charge on any atom is -0.497 e. The molecule has 0 saturated carbocycles. The van der Waals surface area contributed by atoms with Gasteiger partial charge in [-0.3, -0.25) is 0 Å². The molecule has 6 aromatic rings. The number of rotatable bonds is 6. The van der Waals surface area contributed by atoms with Gasteiger partial charge in [-0.15, -0.1) is 0 Å². The maximum Gasteiger partial charge on any atom is 0.494 e. The summed E-state index contributed by atoms with van der Waals surface area (Å²) in [5, 5.41) is 2.83. The molecule has 1 fully saturated rings. The number of hydrogen-bond donors (Lipinski definition) is 0. The molecule has 14 heteroatoms. The highest BCUT2D eigenvalue weighted by Gasteiger charge is 2.51. The van der Waals surface area contributed by atoms with Gasteiger partial charge in [-0.2, -0.15) is 0 Å². The van der Waals surface area contributed by atoms with Crippen LogP contribution in [0, 0.1) is 17.4 Å². The van der Waals surface area contributed by atoms with Gasteiger partial charge in [-0.25, -0.2) is 19.9 Å². The van der Waals surface area contributed by atoms with Gasteiger partial charge in [-0.05, 0) is 138 Å². The summed E-state index contributed by atoms with van der Waals surface area (Å²) in [6, 6.07) is 12.8. The Morgan fingerprint density at radius 3 is 1.70 bits per heavy atom. The van der Waals surface area contributed by atoms with Gasteiger partial charge in [0.2, 0.25) is 0 Å². The van der Waals surface area contributed by atoms with Crippen molar-refractivity contribution in [3.8, 4) is 22.6 Å². The van der Waals surface area contributed by atoms with Crippen LogP contribution in [0.15, 0.2) is 61.4 Å². The van der Waals surface area contributed by atoms with Crippen LogP contribution in [0.4, 0.5) is 0 Å². The molecular weight excluding hydrogens is 837 g/mol. The number of halogens is 3. The van der Waals surface area contributed by atoms with E-state index in [-0.39, 0.29) is 24.4 Å². The molecule has 0 bridgehead atoms. The van der Waals surface area contributed by atoms with E-state index in [1.807, 2.05) is 38.1 Å². The molecule has 0 spiro atoms. The van der Waals surface area contributed by atoms with Crippen molar-refractivity contribution in [1.82, 2.24) is 29.1 Å². The summed E-state index contributed by atoms with van der Waals surface area (Å²) < 4.78 is 28.0. The molecular formula is C40H48BCl2IN6O4. The second-order valence-corrected chi connectivity index (χ2v) is 16.7. The summed E-state index contributed by atoms with van der Waals surface area (Å²) in [6.07, 6.45) is 7.14. The number of nitrogens with zero attached hydrogens (tertiary/aromatic N) is 6. The van der Waals surface area contributed by atoms with E-state index in [4.69, 9.17) is 42.0 Å². The van der Waals surface area contributed by atoms with E-state index < -0.39 is 0 Å². The lowest BCUT2D eigenvalue weighted by molar-refractivity contribution is 0.00578. The van der Waals surface area contributed by atoms with Crippen LogP contribution in [-0.2, 0) is 9.31 Å². The van der Waals surface area contributed by atoms with Gasteiger partial charge in [0.1, 0.15) is 45.8 Å². The van der Waals surface area contributed by atoms with E-state index in [1.54, 1.807) is 14.2 Å². The smallest absolute Gasteiger partial charge is 0.494 e. The number of methoxy groups -OCH3 is 2.